The first-order valence-electron chi connectivity index (χ1n) is 6.28. The van der Waals surface area contributed by atoms with Crippen LogP contribution in [-0.2, 0) is 0 Å². The van der Waals surface area contributed by atoms with E-state index < -0.39 is 0 Å². The number of hydrogen-bond acceptors (Lipinski definition) is 1. The highest BCUT2D eigenvalue weighted by Crippen LogP contribution is 2.11. The molecular formula is C13H27O. The summed E-state index contributed by atoms with van der Waals surface area (Å²) in [7, 11) is 0. The fourth-order valence-corrected chi connectivity index (χ4v) is 1.67. The van der Waals surface area contributed by atoms with Gasteiger partial charge in [-0.1, -0.05) is 65.2 Å². The summed E-state index contributed by atoms with van der Waals surface area (Å²) in [6.07, 6.45) is 11.8. The van der Waals surface area contributed by atoms with E-state index in [0.717, 1.165) is 19.3 Å². The zero-order chi connectivity index (χ0) is 10.6. The molecule has 1 radical (unpaired) electrons. The van der Waals surface area contributed by atoms with Crippen molar-refractivity contribution in [2.24, 2.45) is 0 Å². The fraction of sp³-hybridized carbons (Fsp3) is 0.923. The average Bonchev–Trinajstić information content (AvgIpc) is 2.20. The highest BCUT2D eigenvalue weighted by Gasteiger charge is 2.02. The van der Waals surface area contributed by atoms with Gasteiger partial charge in [-0.3, -0.25) is 0 Å². The quantitative estimate of drug-likeness (QED) is 0.525. The molecule has 0 fully saturated rings. The first kappa shape index (κ1) is 14.0. The molecule has 1 unspecified atom stereocenters. The molecule has 0 aromatic heterocycles. The van der Waals surface area contributed by atoms with Crippen LogP contribution in [-0.4, -0.2) is 11.2 Å². The van der Waals surface area contributed by atoms with Crippen LogP contribution in [0.5, 0.6) is 0 Å². The third kappa shape index (κ3) is 10.0. The Hall–Kier alpha value is -0.0400. The molecule has 1 N–H and O–H groups in total. The van der Waals surface area contributed by atoms with Crippen LogP contribution in [0.4, 0.5) is 0 Å². The van der Waals surface area contributed by atoms with E-state index in [2.05, 4.69) is 13.8 Å². The molecule has 14 heavy (non-hydrogen) atoms. The van der Waals surface area contributed by atoms with Crippen molar-refractivity contribution in [2.75, 3.05) is 0 Å². The number of aliphatic hydroxyl groups is 1. The van der Waals surface area contributed by atoms with Gasteiger partial charge in [0.2, 0.25) is 0 Å². The van der Waals surface area contributed by atoms with Gasteiger partial charge in [0.15, 0.2) is 0 Å². The summed E-state index contributed by atoms with van der Waals surface area (Å²) in [6, 6.07) is 0. The van der Waals surface area contributed by atoms with Crippen molar-refractivity contribution in [2.45, 2.75) is 77.2 Å². The van der Waals surface area contributed by atoms with Crippen molar-refractivity contribution in [3.8, 4) is 0 Å². The van der Waals surface area contributed by atoms with Crippen LogP contribution >= 0.6 is 0 Å². The predicted octanol–water partition coefficient (Wildman–Crippen LogP) is 4.10. The number of aliphatic hydroxyl groups excluding tert-OH is 1. The zero-order valence-electron chi connectivity index (χ0n) is 9.80. The molecule has 0 saturated carbocycles. The molecule has 0 amide bonds. The van der Waals surface area contributed by atoms with Crippen molar-refractivity contribution < 1.29 is 5.11 Å². The second kappa shape index (κ2) is 11.0. The van der Waals surface area contributed by atoms with Crippen LogP contribution in [0.15, 0.2) is 0 Å². The molecule has 1 nitrogen and oxygen atoms in total. The minimum atomic E-state index is -0.0391. The normalized spacial score (nSPS) is 13.1. The Bertz CT molecular complexity index is 101. The van der Waals surface area contributed by atoms with Gasteiger partial charge in [-0.2, -0.15) is 0 Å². The van der Waals surface area contributed by atoms with Gasteiger partial charge in [-0.15, -0.1) is 0 Å². The van der Waals surface area contributed by atoms with Crippen LogP contribution in [0.3, 0.4) is 0 Å². The molecular weight excluding hydrogens is 172 g/mol. The van der Waals surface area contributed by atoms with E-state index >= 15 is 0 Å². The average molecular weight is 199 g/mol. The molecule has 0 aliphatic rings. The van der Waals surface area contributed by atoms with E-state index in [1.54, 1.807) is 0 Å². The standard InChI is InChI=1S/C13H27O/c1-3-5-7-8-9-10-12-13(14)11-6-4-2/h13-14H,1,3-12H2,2H3. The molecule has 0 saturated heterocycles. The summed E-state index contributed by atoms with van der Waals surface area (Å²) in [4.78, 5) is 0. The smallest absolute Gasteiger partial charge is 0.0540 e. The molecule has 1 heteroatoms. The Balaban J connectivity index is 3.02. The highest BCUT2D eigenvalue weighted by atomic mass is 16.3. The molecule has 0 rings (SSSR count). The van der Waals surface area contributed by atoms with Crippen molar-refractivity contribution in [3.63, 3.8) is 0 Å². The van der Waals surface area contributed by atoms with E-state index in [4.69, 9.17) is 0 Å². The zero-order valence-corrected chi connectivity index (χ0v) is 9.80. The van der Waals surface area contributed by atoms with Gasteiger partial charge in [0.05, 0.1) is 6.10 Å². The Kier molecular flexibility index (Phi) is 11.0. The predicted molar refractivity (Wildman–Crippen MR) is 63.2 cm³/mol. The third-order valence-corrected chi connectivity index (χ3v) is 2.68. The molecule has 0 aliphatic carbocycles. The van der Waals surface area contributed by atoms with Crippen molar-refractivity contribution in [1.29, 1.82) is 0 Å². The summed E-state index contributed by atoms with van der Waals surface area (Å²) in [5.74, 6) is 0. The Labute approximate surface area is 89.9 Å². The maximum absolute atomic E-state index is 9.57. The Morgan fingerprint density at radius 2 is 1.50 bits per heavy atom. The molecule has 0 bridgehead atoms. The maximum Gasteiger partial charge on any atom is 0.0540 e. The Morgan fingerprint density at radius 1 is 0.929 bits per heavy atom. The second-order valence-electron chi connectivity index (χ2n) is 4.21. The van der Waals surface area contributed by atoms with Gasteiger partial charge in [0.1, 0.15) is 0 Å². The van der Waals surface area contributed by atoms with Crippen molar-refractivity contribution >= 4 is 0 Å². The number of rotatable bonds is 10. The van der Waals surface area contributed by atoms with Crippen LogP contribution in [0.2, 0.25) is 0 Å². The SMILES string of the molecule is [CH2]CCCCCCCC(O)CCCC. The molecule has 0 aromatic rings. The lowest BCUT2D eigenvalue weighted by Gasteiger charge is -2.09. The molecule has 1 atom stereocenters. The second-order valence-corrected chi connectivity index (χ2v) is 4.21. The third-order valence-electron chi connectivity index (χ3n) is 2.68. The van der Waals surface area contributed by atoms with Gasteiger partial charge in [-0.05, 0) is 12.8 Å². The largest absolute Gasteiger partial charge is 0.393 e. The maximum atomic E-state index is 9.57. The minimum Gasteiger partial charge on any atom is -0.393 e. The lowest BCUT2D eigenvalue weighted by atomic mass is 10.0. The summed E-state index contributed by atoms with van der Waals surface area (Å²) >= 11 is 0. The van der Waals surface area contributed by atoms with Gasteiger partial charge in [0.25, 0.3) is 0 Å². The molecule has 0 aliphatic heterocycles. The van der Waals surface area contributed by atoms with Crippen LogP contribution in [0.25, 0.3) is 0 Å². The molecule has 0 spiro atoms. The van der Waals surface area contributed by atoms with Crippen molar-refractivity contribution in [1.82, 2.24) is 0 Å². The lowest BCUT2D eigenvalue weighted by Crippen LogP contribution is -2.05. The van der Waals surface area contributed by atoms with E-state index in [-0.39, 0.29) is 6.10 Å². The molecule has 85 valence electrons. The van der Waals surface area contributed by atoms with Gasteiger partial charge >= 0.3 is 0 Å². The molecule has 0 aromatic carbocycles. The summed E-state index contributed by atoms with van der Waals surface area (Å²) < 4.78 is 0. The monoisotopic (exact) mass is 199 g/mol. The Morgan fingerprint density at radius 3 is 2.14 bits per heavy atom. The van der Waals surface area contributed by atoms with E-state index in [1.807, 2.05) is 0 Å². The summed E-state index contributed by atoms with van der Waals surface area (Å²) in [5, 5.41) is 9.57. The van der Waals surface area contributed by atoms with Crippen molar-refractivity contribution in [3.05, 3.63) is 6.92 Å². The number of unbranched alkanes of at least 4 members (excludes halogenated alkanes) is 6. The van der Waals surface area contributed by atoms with Gasteiger partial charge < -0.3 is 5.11 Å². The lowest BCUT2D eigenvalue weighted by molar-refractivity contribution is 0.148. The van der Waals surface area contributed by atoms with Crippen LogP contribution in [0, 0.1) is 6.92 Å². The van der Waals surface area contributed by atoms with Crippen LogP contribution in [0.1, 0.15) is 71.1 Å². The topological polar surface area (TPSA) is 20.2 Å². The first-order valence-corrected chi connectivity index (χ1v) is 6.28. The van der Waals surface area contributed by atoms with E-state index in [0.29, 0.717) is 0 Å². The molecule has 0 heterocycles. The fourth-order valence-electron chi connectivity index (χ4n) is 1.67. The first-order chi connectivity index (χ1) is 6.81. The number of hydrogen-bond donors (Lipinski definition) is 1. The minimum absolute atomic E-state index is 0.0391. The van der Waals surface area contributed by atoms with Gasteiger partial charge in [-0.25, -0.2) is 0 Å². The van der Waals surface area contributed by atoms with Gasteiger partial charge in [0, 0.05) is 0 Å². The summed E-state index contributed by atoms with van der Waals surface area (Å²) in [5.41, 5.74) is 0. The van der Waals surface area contributed by atoms with E-state index in [9.17, 15) is 5.11 Å². The summed E-state index contributed by atoms with van der Waals surface area (Å²) in [6.45, 7) is 6.00. The van der Waals surface area contributed by atoms with Crippen LogP contribution < -0.4 is 0 Å². The highest BCUT2D eigenvalue weighted by molar-refractivity contribution is 4.56. The van der Waals surface area contributed by atoms with E-state index in [1.165, 1.54) is 44.9 Å².